The van der Waals surface area contributed by atoms with E-state index in [4.69, 9.17) is 4.74 Å². The van der Waals surface area contributed by atoms with Crippen molar-refractivity contribution in [2.75, 3.05) is 0 Å². The lowest BCUT2D eigenvalue weighted by molar-refractivity contribution is 0.483. The summed E-state index contributed by atoms with van der Waals surface area (Å²) in [5.41, 5.74) is 0. The zero-order valence-corrected chi connectivity index (χ0v) is 5.87. The molecule has 52 valence electrons. The van der Waals surface area contributed by atoms with E-state index in [1.807, 2.05) is 18.2 Å². The summed E-state index contributed by atoms with van der Waals surface area (Å²) in [6.07, 6.45) is 0. The van der Waals surface area contributed by atoms with Gasteiger partial charge in [-0.1, -0.05) is 12.1 Å². The van der Waals surface area contributed by atoms with E-state index < -0.39 is 0 Å². The van der Waals surface area contributed by atoms with Gasteiger partial charge in [0.05, 0.1) is 0 Å². The Morgan fingerprint density at radius 2 is 2.00 bits per heavy atom. The van der Waals surface area contributed by atoms with Crippen LogP contribution in [0.25, 0.3) is 10.8 Å². The molecular weight excluding hydrogens is 136 g/mol. The quantitative estimate of drug-likeness (QED) is 0.469. The molecule has 4 bridgehead atoms. The third kappa shape index (κ3) is 0.552. The molecule has 2 aromatic carbocycles. The van der Waals surface area contributed by atoms with Gasteiger partial charge in [0, 0.05) is 5.39 Å². The molecule has 4 rings (SSSR count). The van der Waals surface area contributed by atoms with Crippen LogP contribution in [0.3, 0.4) is 0 Å². The fourth-order valence-electron chi connectivity index (χ4n) is 1.51. The minimum atomic E-state index is 0.950. The van der Waals surface area contributed by atoms with Gasteiger partial charge in [0.25, 0.3) is 0 Å². The molecule has 0 unspecified atom stereocenters. The Morgan fingerprint density at radius 1 is 1.00 bits per heavy atom. The van der Waals surface area contributed by atoms with Gasteiger partial charge >= 0.3 is 0 Å². The molecule has 2 heterocycles. The predicted octanol–water partition coefficient (Wildman–Crippen LogP) is 2.95. The number of benzene rings is 2. The maximum absolute atomic E-state index is 5.48. The van der Waals surface area contributed by atoms with Crippen LogP contribution in [0.1, 0.15) is 0 Å². The van der Waals surface area contributed by atoms with E-state index in [-0.39, 0.29) is 0 Å². The summed E-state index contributed by atoms with van der Waals surface area (Å²) < 4.78 is 5.48. The number of hydrogen-bond acceptors (Lipinski definition) is 1. The predicted molar refractivity (Wildman–Crippen MR) is 44.0 cm³/mol. The second-order valence-electron chi connectivity index (χ2n) is 2.74. The van der Waals surface area contributed by atoms with E-state index in [1.54, 1.807) is 0 Å². The molecule has 0 saturated carbocycles. The average molecular weight is 142 g/mol. The zero-order valence-electron chi connectivity index (χ0n) is 5.87. The molecule has 0 saturated heterocycles. The lowest BCUT2D eigenvalue weighted by Gasteiger charge is -2.15. The SMILES string of the molecule is c1cc2c3ccc(cc3c1)O2. The summed E-state index contributed by atoms with van der Waals surface area (Å²) in [6.45, 7) is 0. The Labute approximate surface area is 64.2 Å². The number of hydrogen-bond donors (Lipinski definition) is 0. The molecule has 0 aliphatic carbocycles. The highest BCUT2D eigenvalue weighted by molar-refractivity contribution is 5.91. The van der Waals surface area contributed by atoms with E-state index in [1.165, 1.54) is 10.8 Å². The maximum atomic E-state index is 5.48. The highest BCUT2D eigenvalue weighted by atomic mass is 16.5. The number of fused-ring (bicyclic) bond motifs is 1. The van der Waals surface area contributed by atoms with Crippen LogP contribution >= 0.6 is 0 Å². The number of ether oxygens (including phenoxy) is 1. The molecule has 0 radical (unpaired) electrons. The molecule has 2 aromatic rings. The monoisotopic (exact) mass is 142 g/mol. The Kier molecular flexibility index (Phi) is 0.737. The first-order chi connectivity index (χ1) is 5.43. The van der Waals surface area contributed by atoms with Gasteiger partial charge in [-0.25, -0.2) is 0 Å². The molecule has 2 aliphatic rings. The minimum Gasteiger partial charge on any atom is -0.457 e. The average Bonchev–Trinajstić information content (AvgIpc) is 2.05. The molecule has 0 spiro atoms. The third-order valence-electron chi connectivity index (χ3n) is 2.04. The van der Waals surface area contributed by atoms with Gasteiger partial charge in [0.1, 0.15) is 11.5 Å². The summed E-state index contributed by atoms with van der Waals surface area (Å²) in [5, 5.41) is 2.48. The second-order valence-corrected chi connectivity index (χ2v) is 2.74. The van der Waals surface area contributed by atoms with Crippen molar-refractivity contribution in [1.82, 2.24) is 0 Å². The van der Waals surface area contributed by atoms with Crippen LogP contribution in [0.2, 0.25) is 0 Å². The van der Waals surface area contributed by atoms with Gasteiger partial charge in [0.15, 0.2) is 0 Å². The molecule has 1 heteroatoms. The lowest BCUT2D eigenvalue weighted by Crippen LogP contribution is -1.91. The van der Waals surface area contributed by atoms with Gasteiger partial charge in [-0.05, 0) is 29.7 Å². The van der Waals surface area contributed by atoms with E-state index in [2.05, 4.69) is 18.2 Å². The van der Waals surface area contributed by atoms with Gasteiger partial charge in [0.2, 0.25) is 0 Å². The first-order valence-corrected chi connectivity index (χ1v) is 3.64. The van der Waals surface area contributed by atoms with Gasteiger partial charge in [-0.15, -0.1) is 0 Å². The third-order valence-corrected chi connectivity index (χ3v) is 2.04. The Hall–Kier alpha value is -1.50. The van der Waals surface area contributed by atoms with Crippen molar-refractivity contribution < 1.29 is 4.74 Å². The highest BCUT2D eigenvalue weighted by Crippen LogP contribution is 2.37. The first-order valence-electron chi connectivity index (χ1n) is 3.64. The Balaban J connectivity index is 2.67. The number of rotatable bonds is 0. The molecule has 0 N–H and O–H groups in total. The Bertz CT molecular complexity index is 432. The van der Waals surface area contributed by atoms with E-state index in [9.17, 15) is 0 Å². The van der Waals surface area contributed by atoms with Crippen LogP contribution in [0.5, 0.6) is 11.5 Å². The van der Waals surface area contributed by atoms with Crippen molar-refractivity contribution in [2.24, 2.45) is 0 Å². The van der Waals surface area contributed by atoms with Crippen LogP contribution in [0, 0.1) is 0 Å². The highest BCUT2D eigenvalue weighted by Gasteiger charge is 2.09. The van der Waals surface area contributed by atoms with Crippen LogP contribution in [-0.2, 0) is 0 Å². The molecule has 0 amide bonds. The molecule has 11 heavy (non-hydrogen) atoms. The van der Waals surface area contributed by atoms with E-state index in [0.29, 0.717) is 0 Å². The lowest BCUT2D eigenvalue weighted by atomic mass is 10.1. The van der Waals surface area contributed by atoms with E-state index >= 15 is 0 Å². The molecule has 0 fully saturated rings. The zero-order chi connectivity index (χ0) is 7.26. The summed E-state index contributed by atoms with van der Waals surface area (Å²) >= 11 is 0. The topological polar surface area (TPSA) is 9.23 Å². The fourth-order valence-corrected chi connectivity index (χ4v) is 1.51. The largest absolute Gasteiger partial charge is 0.457 e. The summed E-state index contributed by atoms with van der Waals surface area (Å²) in [4.78, 5) is 0. The van der Waals surface area contributed by atoms with Gasteiger partial charge < -0.3 is 4.74 Å². The van der Waals surface area contributed by atoms with Crippen molar-refractivity contribution in [3.05, 3.63) is 36.4 Å². The molecule has 1 nitrogen and oxygen atoms in total. The fraction of sp³-hybridized carbons (Fsp3) is 0. The molecular formula is C10H6O. The van der Waals surface area contributed by atoms with Crippen LogP contribution in [0.15, 0.2) is 36.4 Å². The van der Waals surface area contributed by atoms with Gasteiger partial charge in [-0.3, -0.25) is 0 Å². The van der Waals surface area contributed by atoms with Gasteiger partial charge in [-0.2, -0.15) is 0 Å². The Morgan fingerprint density at radius 3 is 2.73 bits per heavy atom. The minimum absolute atomic E-state index is 0.950. The van der Waals surface area contributed by atoms with Crippen LogP contribution in [-0.4, -0.2) is 0 Å². The van der Waals surface area contributed by atoms with Crippen molar-refractivity contribution in [3.63, 3.8) is 0 Å². The normalized spacial score (nSPS) is 12.4. The molecule has 0 aromatic heterocycles. The van der Waals surface area contributed by atoms with Crippen LogP contribution < -0.4 is 4.74 Å². The van der Waals surface area contributed by atoms with Crippen molar-refractivity contribution in [3.8, 4) is 11.5 Å². The van der Waals surface area contributed by atoms with Crippen molar-refractivity contribution in [1.29, 1.82) is 0 Å². The first kappa shape index (κ1) is 5.19. The standard InChI is InChI=1S/C10H6O/c1-2-7-6-8-4-5-9(7)10(3-1)11-8/h1-6H. The summed E-state index contributed by atoms with van der Waals surface area (Å²) in [6, 6.07) is 12.3. The molecule has 2 aliphatic heterocycles. The second kappa shape index (κ2) is 1.56. The van der Waals surface area contributed by atoms with Crippen molar-refractivity contribution in [2.45, 2.75) is 0 Å². The summed E-state index contributed by atoms with van der Waals surface area (Å²) in [5.74, 6) is 1.94. The maximum Gasteiger partial charge on any atom is 0.135 e. The van der Waals surface area contributed by atoms with Crippen LogP contribution in [0.4, 0.5) is 0 Å². The molecule has 0 atom stereocenters. The summed E-state index contributed by atoms with van der Waals surface area (Å²) in [7, 11) is 0. The van der Waals surface area contributed by atoms with Crippen molar-refractivity contribution >= 4 is 10.8 Å². The smallest absolute Gasteiger partial charge is 0.135 e. The van der Waals surface area contributed by atoms with E-state index in [0.717, 1.165) is 11.5 Å².